The third-order valence-electron chi connectivity index (χ3n) is 1.95. The summed E-state index contributed by atoms with van der Waals surface area (Å²) >= 11 is 1.54. The second kappa shape index (κ2) is 4.52. The van der Waals surface area contributed by atoms with Crippen LogP contribution < -0.4 is 11.1 Å². The molecule has 1 aromatic heterocycles. The minimum Gasteiger partial charge on any atom is -0.347 e. The maximum atomic E-state index is 11.3. The van der Waals surface area contributed by atoms with Crippen molar-refractivity contribution in [1.82, 2.24) is 10.3 Å². The van der Waals surface area contributed by atoms with Gasteiger partial charge in [0.25, 0.3) is 0 Å². The van der Waals surface area contributed by atoms with Gasteiger partial charge in [0.05, 0.1) is 23.3 Å². The summed E-state index contributed by atoms with van der Waals surface area (Å²) in [5, 5.41) is 2.83. The van der Waals surface area contributed by atoms with Gasteiger partial charge in [-0.2, -0.15) is 0 Å². The Hall–Kier alpha value is -0.940. The van der Waals surface area contributed by atoms with Crippen LogP contribution in [-0.4, -0.2) is 16.9 Å². The first-order valence-electron chi connectivity index (χ1n) is 4.48. The molecular formula is C9H15N3OS. The number of hydrogen-bond donors (Lipinski definition) is 2. The molecule has 0 aliphatic heterocycles. The van der Waals surface area contributed by atoms with Gasteiger partial charge in [-0.05, 0) is 20.8 Å². The van der Waals surface area contributed by atoms with Crippen LogP contribution in [0.4, 0.5) is 0 Å². The average Bonchev–Trinajstić information content (AvgIpc) is 2.51. The second-order valence-corrected chi connectivity index (χ2v) is 4.21. The fourth-order valence-corrected chi connectivity index (χ4v) is 1.95. The predicted molar refractivity (Wildman–Crippen MR) is 57.1 cm³/mol. The van der Waals surface area contributed by atoms with Crippen LogP contribution in [0.15, 0.2) is 5.51 Å². The van der Waals surface area contributed by atoms with Gasteiger partial charge in [-0.25, -0.2) is 4.98 Å². The van der Waals surface area contributed by atoms with Crippen LogP contribution in [0.25, 0.3) is 0 Å². The molecule has 0 radical (unpaired) electrons. The standard InChI is InChI=1S/C9H15N3OS/c1-5(10)9(13)12-7(3)8-6(2)11-4-14-8/h4-5,7H,10H2,1-3H3,(H,12,13)/t5-,7?/m1/s1. The summed E-state index contributed by atoms with van der Waals surface area (Å²) in [7, 11) is 0. The molecule has 2 atom stereocenters. The Morgan fingerprint density at radius 2 is 2.29 bits per heavy atom. The van der Waals surface area contributed by atoms with E-state index < -0.39 is 6.04 Å². The normalized spacial score (nSPS) is 14.9. The lowest BCUT2D eigenvalue weighted by molar-refractivity contribution is -0.122. The van der Waals surface area contributed by atoms with E-state index in [9.17, 15) is 4.79 Å². The number of nitrogens with two attached hydrogens (primary N) is 1. The number of aromatic nitrogens is 1. The van der Waals surface area contributed by atoms with Gasteiger partial charge in [0, 0.05) is 4.88 Å². The highest BCUT2D eigenvalue weighted by molar-refractivity contribution is 7.09. The van der Waals surface area contributed by atoms with Crippen LogP contribution in [-0.2, 0) is 4.79 Å². The Morgan fingerprint density at radius 1 is 1.64 bits per heavy atom. The smallest absolute Gasteiger partial charge is 0.237 e. The maximum absolute atomic E-state index is 11.3. The molecule has 0 aliphatic carbocycles. The van der Waals surface area contributed by atoms with Crippen LogP contribution in [0.2, 0.25) is 0 Å². The van der Waals surface area contributed by atoms with E-state index in [4.69, 9.17) is 5.73 Å². The van der Waals surface area contributed by atoms with Crippen molar-refractivity contribution < 1.29 is 4.79 Å². The number of rotatable bonds is 3. The minimum absolute atomic E-state index is 0.0130. The highest BCUT2D eigenvalue weighted by Crippen LogP contribution is 2.20. The van der Waals surface area contributed by atoms with E-state index in [1.165, 1.54) is 0 Å². The van der Waals surface area contributed by atoms with Crippen LogP contribution in [0.5, 0.6) is 0 Å². The summed E-state index contributed by atoms with van der Waals surface area (Å²) in [6, 6.07) is -0.480. The predicted octanol–water partition coefficient (Wildman–Crippen LogP) is 0.976. The second-order valence-electron chi connectivity index (χ2n) is 3.32. The molecule has 1 unspecified atom stereocenters. The molecule has 0 aliphatic rings. The molecule has 4 nitrogen and oxygen atoms in total. The molecule has 0 saturated carbocycles. The van der Waals surface area contributed by atoms with E-state index in [-0.39, 0.29) is 11.9 Å². The first kappa shape index (κ1) is 11.1. The fourth-order valence-electron chi connectivity index (χ4n) is 1.14. The summed E-state index contributed by atoms with van der Waals surface area (Å²) in [5.41, 5.74) is 8.19. The Bertz CT molecular complexity index is 322. The number of carbonyl (C=O) groups excluding carboxylic acids is 1. The lowest BCUT2D eigenvalue weighted by Gasteiger charge is -2.14. The molecule has 1 aromatic rings. The van der Waals surface area contributed by atoms with Crippen molar-refractivity contribution in [2.75, 3.05) is 0 Å². The molecule has 1 amide bonds. The molecule has 5 heteroatoms. The van der Waals surface area contributed by atoms with E-state index in [0.29, 0.717) is 0 Å². The van der Waals surface area contributed by atoms with E-state index >= 15 is 0 Å². The summed E-state index contributed by atoms with van der Waals surface area (Å²) in [6.07, 6.45) is 0. The van der Waals surface area contributed by atoms with Crippen molar-refractivity contribution in [3.05, 3.63) is 16.1 Å². The molecule has 14 heavy (non-hydrogen) atoms. The molecule has 0 bridgehead atoms. The molecule has 3 N–H and O–H groups in total. The van der Waals surface area contributed by atoms with Crippen LogP contribution >= 0.6 is 11.3 Å². The number of nitrogens with one attached hydrogen (secondary N) is 1. The molecule has 1 rings (SSSR count). The molecule has 0 saturated heterocycles. The SMILES string of the molecule is Cc1ncsc1C(C)NC(=O)[C@@H](C)N. The van der Waals surface area contributed by atoms with E-state index in [1.807, 2.05) is 13.8 Å². The van der Waals surface area contributed by atoms with Gasteiger partial charge in [0.1, 0.15) is 0 Å². The van der Waals surface area contributed by atoms with Crippen molar-refractivity contribution in [2.24, 2.45) is 5.73 Å². The van der Waals surface area contributed by atoms with Gasteiger partial charge < -0.3 is 11.1 Å². The summed E-state index contributed by atoms with van der Waals surface area (Å²) in [4.78, 5) is 16.5. The largest absolute Gasteiger partial charge is 0.347 e. The van der Waals surface area contributed by atoms with Crippen molar-refractivity contribution in [3.63, 3.8) is 0 Å². The van der Waals surface area contributed by atoms with Gasteiger partial charge in [-0.1, -0.05) is 0 Å². The first-order chi connectivity index (χ1) is 6.52. The molecule has 0 fully saturated rings. The Balaban J connectivity index is 2.64. The lowest BCUT2D eigenvalue weighted by Crippen LogP contribution is -2.39. The third-order valence-corrected chi connectivity index (χ3v) is 3.06. The highest BCUT2D eigenvalue weighted by Gasteiger charge is 2.15. The van der Waals surface area contributed by atoms with E-state index in [1.54, 1.807) is 23.8 Å². The van der Waals surface area contributed by atoms with Crippen LogP contribution in [0.3, 0.4) is 0 Å². The van der Waals surface area contributed by atoms with Crippen molar-refractivity contribution in [3.8, 4) is 0 Å². The lowest BCUT2D eigenvalue weighted by atomic mass is 10.2. The monoisotopic (exact) mass is 213 g/mol. The van der Waals surface area contributed by atoms with Crippen LogP contribution in [0.1, 0.15) is 30.5 Å². The zero-order chi connectivity index (χ0) is 10.7. The highest BCUT2D eigenvalue weighted by atomic mass is 32.1. The number of hydrogen-bond acceptors (Lipinski definition) is 4. The number of carbonyl (C=O) groups is 1. The third kappa shape index (κ3) is 2.52. The Kier molecular flexibility index (Phi) is 3.60. The molecular weight excluding hydrogens is 198 g/mol. The Labute approximate surface area is 87.5 Å². The number of aryl methyl sites for hydroxylation is 1. The van der Waals surface area contributed by atoms with Gasteiger partial charge in [0.2, 0.25) is 5.91 Å². The molecule has 0 aromatic carbocycles. The van der Waals surface area contributed by atoms with Crippen molar-refractivity contribution >= 4 is 17.2 Å². The van der Waals surface area contributed by atoms with E-state index in [2.05, 4.69) is 10.3 Å². The quantitative estimate of drug-likeness (QED) is 0.786. The van der Waals surface area contributed by atoms with E-state index in [0.717, 1.165) is 10.6 Å². The fraction of sp³-hybridized carbons (Fsp3) is 0.556. The zero-order valence-corrected chi connectivity index (χ0v) is 9.39. The Morgan fingerprint density at radius 3 is 2.71 bits per heavy atom. The first-order valence-corrected chi connectivity index (χ1v) is 5.36. The molecule has 0 spiro atoms. The van der Waals surface area contributed by atoms with Gasteiger partial charge in [-0.3, -0.25) is 4.79 Å². The van der Waals surface area contributed by atoms with Crippen molar-refractivity contribution in [2.45, 2.75) is 32.9 Å². The van der Waals surface area contributed by atoms with Gasteiger partial charge in [-0.15, -0.1) is 11.3 Å². The summed E-state index contributed by atoms with van der Waals surface area (Å²) in [5.74, 6) is -0.134. The topological polar surface area (TPSA) is 68.0 Å². The maximum Gasteiger partial charge on any atom is 0.237 e. The average molecular weight is 213 g/mol. The summed E-state index contributed by atoms with van der Waals surface area (Å²) in [6.45, 7) is 5.53. The van der Waals surface area contributed by atoms with Gasteiger partial charge >= 0.3 is 0 Å². The summed E-state index contributed by atoms with van der Waals surface area (Å²) < 4.78 is 0. The minimum atomic E-state index is -0.467. The van der Waals surface area contributed by atoms with Crippen LogP contribution in [0, 0.1) is 6.92 Å². The number of thiazole rings is 1. The number of amides is 1. The number of nitrogens with zero attached hydrogens (tertiary/aromatic N) is 1. The van der Waals surface area contributed by atoms with Crippen molar-refractivity contribution in [1.29, 1.82) is 0 Å². The molecule has 78 valence electrons. The van der Waals surface area contributed by atoms with Gasteiger partial charge in [0.15, 0.2) is 0 Å². The zero-order valence-electron chi connectivity index (χ0n) is 8.57. The molecule has 1 heterocycles.